The van der Waals surface area contributed by atoms with Gasteiger partial charge in [0.2, 0.25) is 59.3 Å². The molecule has 6 heterocycles. The first-order chi connectivity index (χ1) is 53.0. The maximum absolute atomic E-state index is 16.4. The van der Waals surface area contributed by atoms with Gasteiger partial charge >= 0.3 is 6.03 Å². The number of aromatic hydroxyl groups is 2. The molecule has 14 atom stereocenters. The summed E-state index contributed by atoms with van der Waals surface area (Å²) in [6.07, 6.45) is -5.88. The van der Waals surface area contributed by atoms with Crippen LogP contribution in [0.4, 0.5) is 4.79 Å². The van der Waals surface area contributed by atoms with E-state index >= 15 is 28.8 Å². The third-order valence-corrected chi connectivity index (χ3v) is 22.5. The Hall–Kier alpha value is -9.70. The molecule has 5 aromatic rings. The second-order valence-electron chi connectivity index (χ2n) is 30.7. The highest BCUT2D eigenvalue weighted by Crippen LogP contribution is 2.55. The number of carbonyl (C=O) groups is 9. The van der Waals surface area contributed by atoms with Gasteiger partial charge in [-0.2, -0.15) is 0 Å². The fourth-order valence-electron chi connectivity index (χ4n) is 16.7. The maximum Gasteiger partial charge on any atom is 0.321 e. The maximum atomic E-state index is 16.4. The number of benzene rings is 5. The van der Waals surface area contributed by atoms with Gasteiger partial charge in [0.15, 0.2) is 11.5 Å². The molecule has 596 valence electrons. The lowest BCUT2D eigenvalue weighted by Gasteiger charge is -2.54. The number of unbranched alkanes of at least 4 members (excludes halogenated alkanes) is 4. The molecule has 5 aromatic carbocycles. The van der Waals surface area contributed by atoms with Gasteiger partial charge in [-0.3, -0.25) is 43.7 Å². The van der Waals surface area contributed by atoms with E-state index in [-0.39, 0.29) is 109 Å². The van der Waals surface area contributed by atoms with Crippen LogP contribution in [0, 0.1) is 43.4 Å². The molecule has 4 aliphatic carbocycles. The number of amides is 10. The van der Waals surface area contributed by atoms with Gasteiger partial charge in [0.1, 0.15) is 95.9 Å². The Morgan fingerprint density at radius 1 is 0.640 bits per heavy atom. The molecule has 1 saturated heterocycles. The van der Waals surface area contributed by atoms with Crippen LogP contribution >= 0.6 is 11.6 Å². The lowest BCUT2D eigenvalue weighted by Crippen LogP contribution is -2.60. The SMILES string of the molecule is CCCCCCCNC(=O)NC(=O)C[C@@H]1NC(=O)[C@H](NC(=O)[C@@H](CC(C)C)NC)[C@H](O)c2ccc(c(C)c2)Oc2cc3cc(c2O[C@@H]2O[C@H](CO)[C@@H](O)[C@H](O)[C@H]2O)Oc2ccc(cc2Cl)[C@@H](O)[C@@H]2NC(=O)[C@H](NC(=O)[C@@H]3NC1=O)c1ccc(O)c(c1)-c1c(C)cc(O)cc1[C@@H](C(=O)NC1C3CC4CC(C3)CC1C4)NC2=O. The first-order valence-electron chi connectivity index (χ1n) is 37.8. The van der Waals surface area contributed by atoms with Crippen molar-refractivity contribution in [1.29, 1.82) is 0 Å². The normalized spacial score (nSPS) is 28.5. The standard InChI is InChI=1S/C79H97ClN10O21/c1-7-8-9-10-11-18-82-79(107)84-57(94)32-50-72(101)86-61-44-29-54(108-52-16-13-40(20-35(52)4)65(95)63(76(105)83-50)89-71(100)49(81-6)19-34(2)3)70(111-78-69(99)68(98)67(97)56(33-91)110-78)55(30-44)109-53-17-14-41(28-48(53)80)66(96)64-77(106)88-62(75(104)85-59-42-23-37-22-38(25-42)26-43(59)24-37)47-31-45(92)21-36(5)58(47)46-27-39(12-15-51(46)93)60(73(102)90-64)87-74(61)103/h12-17,20-21,27-31,34,37-38,42-43,49-50,56,59-69,78,81,91-93,95-99H,7-11,18-19,22-26,32-33H2,1-6H3,(H,83,105)(H,85,104)(H,86,101)(H,87,103)(H,88,106)(H,89,100)(H,90,102)(H2,82,84,94,107)/t37?,38?,42?,43?,49-,50+,56-,59?,60-,61-,62+,63-,64+,65-,66-,67-,68+,69-,78+/m1/s1. The molecule has 10 aliphatic rings. The van der Waals surface area contributed by atoms with E-state index in [2.05, 4.69) is 53.2 Å². The Labute approximate surface area is 645 Å². The van der Waals surface area contributed by atoms with Crippen molar-refractivity contribution in [1.82, 2.24) is 53.2 Å². The number of hydrogen-bond acceptors (Lipinski definition) is 22. The van der Waals surface area contributed by atoms with E-state index in [0.717, 1.165) is 69.9 Å². The summed E-state index contributed by atoms with van der Waals surface area (Å²) in [5, 5.41) is 119. The molecule has 4 saturated carbocycles. The minimum absolute atomic E-state index is 0.0211. The molecule has 10 amide bonds. The smallest absolute Gasteiger partial charge is 0.321 e. The monoisotopic (exact) mass is 1560 g/mol. The number of aliphatic hydroxyl groups excluding tert-OH is 6. The lowest BCUT2D eigenvalue weighted by atomic mass is 9.54. The first kappa shape index (κ1) is 80.8. The largest absolute Gasteiger partial charge is 0.508 e. The number of phenolic OH excluding ortho intramolecular Hbond substituents is 2. The molecule has 0 radical (unpaired) electrons. The molecule has 5 fully saturated rings. The van der Waals surface area contributed by atoms with Crippen LogP contribution in [0.3, 0.4) is 0 Å². The summed E-state index contributed by atoms with van der Waals surface area (Å²) >= 11 is 7.18. The molecule has 0 spiro atoms. The molecule has 32 heteroatoms. The predicted octanol–water partition coefficient (Wildman–Crippen LogP) is 4.29. The van der Waals surface area contributed by atoms with Gasteiger partial charge in [0.25, 0.3) is 0 Å². The van der Waals surface area contributed by atoms with Crippen molar-refractivity contribution < 1.29 is 103 Å². The Kier molecular flexibility index (Phi) is 25.1. The van der Waals surface area contributed by atoms with Gasteiger partial charge in [-0.05, 0) is 201 Å². The van der Waals surface area contributed by atoms with Gasteiger partial charge in [-0.25, -0.2) is 4.79 Å². The van der Waals surface area contributed by atoms with E-state index in [1.807, 2.05) is 20.8 Å². The van der Waals surface area contributed by atoms with E-state index < -0.39 is 175 Å². The summed E-state index contributed by atoms with van der Waals surface area (Å²) in [4.78, 5) is 137. The number of halogens is 1. The van der Waals surface area contributed by atoms with Gasteiger partial charge in [-0.1, -0.05) is 76.3 Å². The minimum atomic E-state index is -2.28. The van der Waals surface area contributed by atoms with Crippen LogP contribution in [0.2, 0.25) is 5.02 Å². The van der Waals surface area contributed by atoms with E-state index in [1.54, 1.807) is 6.92 Å². The van der Waals surface area contributed by atoms with Crippen molar-refractivity contribution in [3.8, 4) is 51.4 Å². The number of aryl methyl sites for hydroxylation is 2. The number of aliphatic hydroxyl groups is 6. The lowest BCUT2D eigenvalue weighted by molar-refractivity contribution is -0.277. The summed E-state index contributed by atoms with van der Waals surface area (Å²) in [6.45, 7) is 8.05. The zero-order chi connectivity index (χ0) is 79.5. The van der Waals surface area contributed by atoms with Crippen LogP contribution in [-0.2, 0) is 43.1 Å². The summed E-state index contributed by atoms with van der Waals surface area (Å²) in [5.41, 5.74) is -0.313. The molecule has 111 heavy (non-hydrogen) atoms. The number of phenols is 2. The second kappa shape index (κ2) is 34.5. The molecule has 6 aliphatic heterocycles. The Bertz CT molecular complexity index is 4360. The van der Waals surface area contributed by atoms with E-state index in [9.17, 15) is 55.2 Å². The first-order valence-corrected chi connectivity index (χ1v) is 38.2. The zero-order valence-corrected chi connectivity index (χ0v) is 63.0. The average molecular weight is 1560 g/mol. The van der Waals surface area contributed by atoms with Crippen LogP contribution in [0.5, 0.6) is 40.2 Å². The summed E-state index contributed by atoms with van der Waals surface area (Å²) in [6, 6.07) is 1.63. The molecule has 0 aromatic heterocycles. The zero-order valence-electron chi connectivity index (χ0n) is 62.2. The molecule has 31 nitrogen and oxygen atoms in total. The van der Waals surface area contributed by atoms with Crippen molar-refractivity contribution in [3.63, 3.8) is 0 Å². The molecule has 15 rings (SSSR count). The van der Waals surface area contributed by atoms with Crippen LogP contribution < -0.4 is 67.4 Å². The Balaban J connectivity index is 1.05. The fraction of sp³-hybridized carbons (Fsp3) is 0.506. The van der Waals surface area contributed by atoms with Crippen molar-refractivity contribution in [2.24, 2.45) is 29.6 Å². The molecular formula is C79H97ClN10O21. The quantitative estimate of drug-likeness (QED) is 0.0544. The highest BCUT2D eigenvalue weighted by Gasteiger charge is 2.51. The number of carbonyl (C=O) groups excluding carboxylic acids is 9. The van der Waals surface area contributed by atoms with Crippen molar-refractivity contribution in [2.45, 2.75) is 203 Å². The summed E-state index contributed by atoms with van der Waals surface area (Å²) in [7, 11) is 1.51. The van der Waals surface area contributed by atoms with Crippen molar-refractivity contribution >= 4 is 64.9 Å². The van der Waals surface area contributed by atoms with Crippen molar-refractivity contribution in [2.75, 3.05) is 20.2 Å². The third kappa shape index (κ3) is 17.8. The number of urea groups is 1. The van der Waals surface area contributed by atoms with Crippen LogP contribution in [-0.4, -0.2) is 175 Å². The van der Waals surface area contributed by atoms with Gasteiger partial charge < -0.3 is 108 Å². The summed E-state index contributed by atoms with van der Waals surface area (Å²) < 4.78 is 25.7. The third-order valence-electron chi connectivity index (χ3n) is 22.2. The average Bonchev–Trinajstić information content (AvgIpc) is 0.765. The Morgan fingerprint density at radius 2 is 1.28 bits per heavy atom. The van der Waals surface area contributed by atoms with Crippen LogP contribution in [0.1, 0.15) is 167 Å². The highest BCUT2D eigenvalue weighted by atomic mass is 35.5. The van der Waals surface area contributed by atoms with Crippen LogP contribution in [0.15, 0.2) is 78.9 Å². The van der Waals surface area contributed by atoms with Gasteiger partial charge in [0, 0.05) is 18.2 Å². The minimum Gasteiger partial charge on any atom is -0.508 e. The molecule has 18 N–H and O–H groups in total. The number of fused-ring (bicyclic) bond motifs is 15. The number of likely N-dealkylation sites (N-methyl/N-ethyl adjacent to an activating group) is 1. The molecule has 0 unspecified atom stereocenters. The molecular weight excluding hydrogens is 1460 g/mol. The topological polar surface area (TPSA) is 473 Å². The summed E-state index contributed by atoms with van der Waals surface area (Å²) in [5.74, 6) is -10.8. The van der Waals surface area contributed by atoms with Crippen molar-refractivity contribution in [3.05, 3.63) is 123 Å². The highest BCUT2D eigenvalue weighted by molar-refractivity contribution is 6.32. The molecule has 15 bridgehead atoms. The number of nitrogens with one attached hydrogen (secondary N) is 10. The van der Waals surface area contributed by atoms with E-state index in [1.165, 1.54) is 80.7 Å². The number of imide groups is 1. The second-order valence-corrected chi connectivity index (χ2v) is 31.1. The van der Waals surface area contributed by atoms with Gasteiger partial charge in [-0.15, -0.1) is 0 Å². The number of rotatable bonds is 18. The Morgan fingerprint density at radius 3 is 1.94 bits per heavy atom. The van der Waals surface area contributed by atoms with E-state index in [0.29, 0.717) is 18.3 Å². The van der Waals surface area contributed by atoms with Gasteiger partial charge in [0.05, 0.1) is 24.1 Å². The number of ether oxygens (including phenoxy) is 4. The predicted molar refractivity (Wildman–Crippen MR) is 398 cm³/mol. The number of hydrogen-bond donors (Lipinski definition) is 18. The van der Waals surface area contributed by atoms with Crippen LogP contribution in [0.25, 0.3) is 11.1 Å². The fourth-order valence-corrected chi connectivity index (χ4v) is 16.9. The van der Waals surface area contributed by atoms with E-state index in [4.69, 9.17) is 30.5 Å².